The summed E-state index contributed by atoms with van der Waals surface area (Å²) in [6.45, 7) is 6.12. The van der Waals surface area contributed by atoms with Crippen LogP contribution in [0.1, 0.15) is 57.2 Å². The first-order chi connectivity index (χ1) is 16.0. The predicted molar refractivity (Wildman–Crippen MR) is 127 cm³/mol. The van der Waals surface area contributed by atoms with Gasteiger partial charge in [0.15, 0.2) is 0 Å². The Balaban J connectivity index is 2.16. The van der Waals surface area contributed by atoms with Gasteiger partial charge in [-0.1, -0.05) is 32.0 Å². The van der Waals surface area contributed by atoms with Crippen LogP contribution >= 0.6 is 0 Å². The van der Waals surface area contributed by atoms with Gasteiger partial charge in [-0.2, -0.15) is 0 Å². The van der Waals surface area contributed by atoms with Crippen LogP contribution in [0.3, 0.4) is 0 Å². The third-order valence-electron chi connectivity index (χ3n) is 5.42. The number of hydrogen-bond donors (Lipinski definition) is 4. The third kappa shape index (κ3) is 4.73. The van der Waals surface area contributed by atoms with E-state index >= 15 is 0 Å². The molecule has 0 spiro atoms. The summed E-state index contributed by atoms with van der Waals surface area (Å²) < 4.78 is 11.5. The highest BCUT2D eigenvalue weighted by Gasteiger charge is 2.27. The summed E-state index contributed by atoms with van der Waals surface area (Å²) in [5, 5.41) is 19.3. The highest BCUT2D eigenvalue weighted by Crippen LogP contribution is 2.34. The van der Waals surface area contributed by atoms with Gasteiger partial charge < -0.3 is 30.4 Å². The van der Waals surface area contributed by atoms with Gasteiger partial charge in [0.25, 0.3) is 5.56 Å². The Morgan fingerprint density at radius 2 is 1.71 bits per heavy atom. The number of carboxylic acids is 2. The van der Waals surface area contributed by atoms with Gasteiger partial charge in [-0.05, 0) is 47.7 Å². The van der Waals surface area contributed by atoms with Crippen molar-refractivity contribution in [2.75, 3.05) is 12.8 Å². The Morgan fingerprint density at radius 1 is 1.03 bits per heavy atom. The molecule has 0 amide bonds. The van der Waals surface area contributed by atoms with Crippen LogP contribution in [0.4, 0.5) is 5.82 Å². The maximum Gasteiger partial charge on any atom is 0.342 e. The van der Waals surface area contributed by atoms with Gasteiger partial charge in [0, 0.05) is 11.1 Å². The lowest BCUT2D eigenvalue weighted by molar-refractivity contribution is 0.0695. The SMILES string of the molecule is COc1ccc(-c2c(C(=O)O)c(N)[nH]c(=O)c2C(=O)O)cc1COc1cc(C)ccc1C(C)C. The molecular formula is C25H26N2O7. The Hall–Kier alpha value is -4.27. The van der Waals surface area contributed by atoms with Gasteiger partial charge >= 0.3 is 11.9 Å². The molecule has 3 aromatic rings. The van der Waals surface area contributed by atoms with Gasteiger partial charge in [-0.25, -0.2) is 9.59 Å². The number of aromatic nitrogens is 1. The van der Waals surface area contributed by atoms with E-state index in [4.69, 9.17) is 15.2 Å². The molecular weight excluding hydrogens is 440 g/mol. The molecule has 0 unspecified atom stereocenters. The van der Waals surface area contributed by atoms with Crippen LogP contribution in [0.5, 0.6) is 11.5 Å². The molecule has 2 aromatic carbocycles. The van der Waals surface area contributed by atoms with Crippen LogP contribution < -0.4 is 20.8 Å². The normalized spacial score (nSPS) is 10.9. The molecule has 0 fully saturated rings. The lowest BCUT2D eigenvalue weighted by Gasteiger charge is -2.18. The van der Waals surface area contributed by atoms with Crippen molar-refractivity contribution in [1.29, 1.82) is 0 Å². The maximum absolute atomic E-state index is 12.3. The Kier molecular flexibility index (Phi) is 6.95. The van der Waals surface area contributed by atoms with Crippen LogP contribution in [0.25, 0.3) is 11.1 Å². The van der Waals surface area contributed by atoms with Crippen LogP contribution in [0, 0.1) is 6.92 Å². The number of hydrogen-bond acceptors (Lipinski definition) is 6. The number of nitrogens with one attached hydrogen (secondary N) is 1. The van der Waals surface area contributed by atoms with Crippen molar-refractivity contribution in [2.45, 2.75) is 33.3 Å². The number of aromatic amines is 1. The third-order valence-corrected chi connectivity index (χ3v) is 5.42. The minimum atomic E-state index is -1.58. The summed E-state index contributed by atoms with van der Waals surface area (Å²) in [4.78, 5) is 38.2. The zero-order valence-corrected chi connectivity index (χ0v) is 19.3. The highest BCUT2D eigenvalue weighted by atomic mass is 16.5. The first-order valence-corrected chi connectivity index (χ1v) is 10.5. The van der Waals surface area contributed by atoms with E-state index in [-0.39, 0.29) is 23.7 Å². The fraction of sp³-hybridized carbons (Fsp3) is 0.240. The summed E-state index contributed by atoms with van der Waals surface area (Å²) >= 11 is 0. The van der Waals surface area contributed by atoms with Gasteiger partial charge in [0.2, 0.25) is 0 Å². The minimum Gasteiger partial charge on any atom is -0.496 e. The van der Waals surface area contributed by atoms with Crippen LogP contribution in [0.2, 0.25) is 0 Å². The first kappa shape index (κ1) is 24.4. The molecule has 9 nitrogen and oxygen atoms in total. The van der Waals surface area contributed by atoms with E-state index in [2.05, 4.69) is 18.8 Å². The maximum atomic E-state index is 12.3. The monoisotopic (exact) mass is 466 g/mol. The molecule has 0 saturated heterocycles. The lowest BCUT2D eigenvalue weighted by Crippen LogP contribution is -2.24. The Morgan fingerprint density at radius 3 is 2.29 bits per heavy atom. The second-order valence-corrected chi connectivity index (χ2v) is 8.11. The number of H-pyrrole nitrogens is 1. The number of carboxylic acid groups (broad SMARTS) is 2. The average molecular weight is 466 g/mol. The van der Waals surface area contributed by atoms with E-state index in [1.807, 2.05) is 25.1 Å². The second-order valence-electron chi connectivity index (χ2n) is 8.11. The summed E-state index contributed by atoms with van der Waals surface area (Å²) in [5.74, 6) is -2.11. The molecule has 0 saturated carbocycles. The smallest absolute Gasteiger partial charge is 0.342 e. The van der Waals surface area contributed by atoms with Gasteiger partial charge in [-0.15, -0.1) is 0 Å². The van der Waals surface area contributed by atoms with E-state index in [9.17, 15) is 24.6 Å². The summed E-state index contributed by atoms with van der Waals surface area (Å²) in [6.07, 6.45) is 0. The Labute approximate surface area is 195 Å². The summed E-state index contributed by atoms with van der Waals surface area (Å²) in [5.41, 5.74) is 5.98. The van der Waals surface area contributed by atoms with Gasteiger partial charge in [-0.3, -0.25) is 4.79 Å². The standard InChI is InChI=1S/C25H26N2O7/c1-12(2)16-7-5-13(3)9-18(16)34-11-15-10-14(6-8-17(15)33-4)19-20(24(29)30)22(26)27-23(28)21(19)25(31)32/h5-10,12H,11H2,1-4H3,(H,29,30)(H,31,32)(H3,26,27,28). The number of pyridine rings is 1. The fourth-order valence-electron chi connectivity index (χ4n) is 3.78. The van der Waals surface area contributed by atoms with Crippen molar-refractivity contribution in [3.63, 3.8) is 0 Å². The molecule has 0 aliphatic carbocycles. The molecule has 5 N–H and O–H groups in total. The zero-order valence-electron chi connectivity index (χ0n) is 19.3. The molecule has 0 aliphatic rings. The number of benzene rings is 2. The van der Waals surface area contributed by atoms with Crippen LogP contribution in [-0.4, -0.2) is 34.2 Å². The lowest BCUT2D eigenvalue weighted by atomic mass is 9.94. The molecule has 9 heteroatoms. The molecule has 0 aliphatic heterocycles. The highest BCUT2D eigenvalue weighted by molar-refractivity contribution is 6.07. The van der Waals surface area contributed by atoms with E-state index < -0.39 is 34.4 Å². The minimum absolute atomic E-state index is 0.0592. The summed E-state index contributed by atoms with van der Waals surface area (Å²) in [7, 11) is 1.47. The van der Waals surface area contributed by atoms with Crippen LogP contribution in [-0.2, 0) is 6.61 Å². The zero-order chi connectivity index (χ0) is 25.2. The number of aromatic carboxylic acids is 2. The molecule has 3 rings (SSSR count). The molecule has 1 heterocycles. The quantitative estimate of drug-likeness (QED) is 0.388. The van der Waals surface area contributed by atoms with Crippen molar-refractivity contribution < 1.29 is 29.3 Å². The number of carbonyl (C=O) groups is 2. The van der Waals surface area contributed by atoms with Crippen molar-refractivity contribution in [2.24, 2.45) is 0 Å². The van der Waals surface area contributed by atoms with E-state index in [0.717, 1.165) is 11.1 Å². The average Bonchev–Trinajstić information content (AvgIpc) is 2.76. The van der Waals surface area contributed by atoms with Crippen molar-refractivity contribution >= 4 is 17.8 Å². The molecule has 0 bridgehead atoms. The van der Waals surface area contributed by atoms with Crippen molar-refractivity contribution in [3.05, 3.63) is 74.6 Å². The number of aryl methyl sites for hydroxylation is 1. The number of anilines is 1. The molecule has 0 atom stereocenters. The van der Waals surface area contributed by atoms with E-state index in [0.29, 0.717) is 17.1 Å². The van der Waals surface area contributed by atoms with Crippen molar-refractivity contribution in [3.8, 4) is 22.6 Å². The number of rotatable bonds is 8. The number of nitrogens with two attached hydrogens (primary N) is 1. The largest absolute Gasteiger partial charge is 0.496 e. The topological polar surface area (TPSA) is 152 Å². The van der Waals surface area contributed by atoms with Crippen LogP contribution in [0.15, 0.2) is 41.2 Å². The summed E-state index contributed by atoms with van der Waals surface area (Å²) in [6, 6.07) is 10.5. The Bertz CT molecular complexity index is 1330. The van der Waals surface area contributed by atoms with E-state index in [1.165, 1.54) is 19.2 Å². The van der Waals surface area contributed by atoms with E-state index in [1.54, 1.807) is 6.07 Å². The van der Waals surface area contributed by atoms with Gasteiger partial charge in [0.05, 0.1) is 7.11 Å². The molecule has 0 radical (unpaired) electrons. The van der Waals surface area contributed by atoms with Crippen molar-refractivity contribution in [1.82, 2.24) is 4.98 Å². The number of methoxy groups -OCH3 is 1. The molecule has 1 aromatic heterocycles. The number of ether oxygens (including phenoxy) is 2. The first-order valence-electron chi connectivity index (χ1n) is 10.5. The second kappa shape index (κ2) is 9.70. The fourth-order valence-corrected chi connectivity index (χ4v) is 3.78. The predicted octanol–water partition coefficient (Wildman–Crippen LogP) is 4.04. The van der Waals surface area contributed by atoms with Gasteiger partial charge in [0.1, 0.15) is 35.1 Å². The number of nitrogen functional groups attached to an aromatic ring is 1. The molecule has 178 valence electrons. The molecule has 34 heavy (non-hydrogen) atoms.